The first-order valence-corrected chi connectivity index (χ1v) is 12.5. The smallest absolute Gasteiger partial charge is 0.119 e. The molecule has 3 heterocycles. The number of nitrogens with zero attached hydrogens (tertiary/aromatic N) is 2. The van der Waals surface area contributed by atoms with Crippen molar-refractivity contribution in [1.82, 2.24) is 15.2 Å². The molecule has 3 aromatic rings. The zero-order valence-electron chi connectivity index (χ0n) is 19.5. The van der Waals surface area contributed by atoms with E-state index in [1.165, 1.54) is 18.4 Å². The molecule has 34 heavy (non-hydrogen) atoms. The molecule has 0 spiro atoms. The molecular formula is C28H32ClN3O2. The van der Waals surface area contributed by atoms with Crippen molar-refractivity contribution in [2.24, 2.45) is 0 Å². The molecule has 0 radical (unpaired) electrons. The lowest BCUT2D eigenvalue weighted by molar-refractivity contribution is 0.0530. The number of hydrogen-bond donors (Lipinski definition) is 2. The summed E-state index contributed by atoms with van der Waals surface area (Å²) < 4.78 is 5.39. The number of aromatic nitrogens is 1. The van der Waals surface area contributed by atoms with Gasteiger partial charge in [0.1, 0.15) is 5.75 Å². The van der Waals surface area contributed by atoms with Gasteiger partial charge in [0.2, 0.25) is 0 Å². The Morgan fingerprint density at radius 3 is 2.68 bits per heavy atom. The summed E-state index contributed by atoms with van der Waals surface area (Å²) in [4.78, 5) is 6.93. The van der Waals surface area contributed by atoms with Crippen molar-refractivity contribution in [2.75, 3.05) is 20.2 Å². The van der Waals surface area contributed by atoms with Gasteiger partial charge >= 0.3 is 0 Å². The molecule has 3 unspecified atom stereocenters. The topological polar surface area (TPSA) is 57.6 Å². The van der Waals surface area contributed by atoms with Crippen LogP contribution in [0.3, 0.4) is 0 Å². The van der Waals surface area contributed by atoms with Gasteiger partial charge in [-0.2, -0.15) is 0 Å². The third kappa shape index (κ3) is 4.98. The first-order chi connectivity index (χ1) is 16.6. The second-order valence-electron chi connectivity index (χ2n) is 9.39. The summed E-state index contributed by atoms with van der Waals surface area (Å²) >= 11 is 6.54. The van der Waals surface area contributed by atoms with E-state index < -0.39 is 6.10 Å². The quantitative estimate of drug-likeness (QED) is 0.465. The Bertz CT molecular complexity index is 1140. The largest absolute Gasteiger partial charge is 0.497 e. The van der Waals surface area contributed by atoms with Gasteiger partial charge in [-0.3, -0.25) is 9.88 Å². The number of piperidine rings is 1. The molecule has 3 atom stereocenters. The number of methoxy groups -OCH3 is 1. The molecule has 0 saturated carbocycles. The number of aliphatic hydroxyl groups excluding tert-OH is 1. The Balaban J connectivity index is 1.23. The average Bonchev–Trinajstić information content (AvgIpc) is 3.08. The molecule has 2 bridgehead atoms. The maximum Gasteiger partial charge on any atom is 0.119 e. The van der Waals surface area contributed by atoms with Crippen molar-refractivity contribution in [3.63, 3.8) is 0 Å². The molecule has 2 aliphatic heterocycles. The maximum atomic E-state index is 11.3. The summed E-state index contributed by atoms with van der Waals surface area (Å²) in [6, 6.07) is 17.6. The molecule has 6 heteroatoms. The SMILES string of the molecule is COc1ccc2ncc(Cl)c(C(O)CN3C4CCC3CC(NCC=Cc3ccccc3)C4)c2c1. The molecule has 2 aliphatic rings. The second kappa shape index (κ2) is 10.4. The number of hydrogen-bond acceptors (Lipinski definition) is 5. The van der Waals surface area contributed by atoms with E-state index in [2.05, 4.69) is 51.6 Å². The van der Waals surface area contributed by atoms with E-state index in [0.717, 1.165) is 41.6 Å². The summed E-state index contributed by atoms with van der Waals surface area (Å²) in [5, 5.41) is 16.4. The van der Waals surface area contributed by atoms with Gasteiger partial charge in [0.15, 0.2) is 0 Å². The fraction of sp³-hybridized carbons (Fsp3) is 0.393. The predicted octanol–water partition coefficient (Wildman–Crippen LogP) is 5.23. The summed E-state index contributed by atoms with van der Waals surface area (Å²) in [7, 11) is 1.64. The van der Waals surface area contributed by atoms with Crippen molar-refractivity contribution in [3.05, 3.63) is 77.0 Å². The highest BCUT2D eigenvalue weighted by atomic mass is 35.5. The summed E-state index contributed by atoms with van der Waals surface area (Å²) in [6.45, 7) is 1.47. The van der Waals surface area contributed by atoms with E-state index in [-0.39, 0.29) is 0 Å². The minimum Gasteiger partial charge on any atom is -0.497 e. The van der Waals surface area contributed by atoms with E-state index in [1.54, 1.807) is 13.3 Å². The van der Waals surface area contributed by atoms with Crippen LogP contribution < -0.4 is 10.1 Å². The Kier molecular flexibility index (Phi) is 7.16. The minimum absolute atomic E-state index is 0.491. The van der Waals surface area contributed by atoms with Gasteiger partial charge in [-0.15, -0.1) is 0 Å². The van der Waals surface area contributed by atoms with E-state index in [9.17, 15) is 5.11 Å². The highest BCUT2D eigenvalue weighted by Gasteiger charge is 2.41. The molecule has 2 N–H and O–H groups in total. The second-order valence-corrected chi connectivity index (χ2v) is 9.80. The van der Waals surface area contributed by atoms with Crippen LogP contribution in [0.15, 0.2) is 60.8 Å². The lowest BCUT2D eigenvalue weighted by Crippen LogP contribution is -2.50. The predicted molar refractivity (Wildman–Crippen MR) is 138 cm³/mol. The van der Waals surface area contributed by atoms with Gasteiger partial charge in [0.05, 0.1) is 23.8 Å². The lowest BCUT2D eigenvalue weighted by atomic mass is 9.95. The number of rotatable bonds is 8. The monoisotopic (exact) mass is 477 g/mol. The highest BCUT2D eigenvalue weighted by Crippen LogP contribution is 2.39. The van der Waals surface area contributed by atoms with Crippen molar-refractivity contribution >= 4 is 28.6 Å². The molecule has 5 rings (SSSR count). The van der Waals surface area contributed by atoms with Crippen LogP contribution >= 0.6 is 11.6 Å². The third-order valence-corrected chi connectivity index (χ3v) is 7.60. The molecule has 2 fully saturated rings. The number of fused-ring (bicyclic) bond motifs is 3. The van der Waals surface area contributed by atoms with Gasteiger partial charge in [-0.05, 0) is 49.4 Å². The molecule has 2 saturated heterocycles. The summed E-state index contributed by atoms with van der Waals surface area (Å²) in [6.07, 6.45) is 9.95. The number of benzene rings is 2. The Morgan fingerprint density at radius 1 is 1.18 bits per heavy atom. The number of ether oxygens (including phenoxy) is 1. The molecular weight excluding hydrogens is 446 g/mol. The minimum atomic E-state index is -0.675. The molecule has 0 amide bonds. The van der Waals surface area contributed by atoms with Crippen LogP contribution in [0.4, 0.5) is 0 Å². The van der Waals surface area contributed by atoms with E-state index in [1.807, 2.05) is 24.3 Å². The van der Waals surface area contributed by atoms with Gasteiger partial charge in [-0.25, -0.2) is 0 Å². The molecule has 2 aromatic carbocycles. The van der Waals surface area contributed by atoms with Crippen LogP contribution in [-0.4, -0.2) is 53.3 Å². The zero-order chi connectivity index (χ0) is 23.5. The standard InChI is InChI=1S/C28H32ClN3O2/c1-34-23-11-12-26-24(16-23)28(25(29)17-31-26)27(33)18-32-21-9-10-22(32)15-20(14-21)30-13-5-8-19-6-3-2-4-7-19/h2-8,11-12,16-17,20-22,27,30,33H,9-10,13-15,18H2,1H3. The van der Waals surface area contributed by atoms with Crippen molar-refractivity contribution in [2.45, 2.75) is 49.9 Å². The molecule has 0 aliphatic carbocycles. The van der Waals surface area contributed by atoms with E-state index in [0.29, 0.717) is 29.7 Å². The van der Waals surface area contributed by atoms with Crippen LogP contribution in [0, 0.1) is 0 Å². The first-order valence-electron chi connectivity index (χ1n) is 12.1. The van der Waals surface area contributed by atoms with E-state index in [4.69, 9.17) is 16.3 Å². The number of halogens is 1. The zero-order valence-corrected chi connectivity index (χ0v) is 20.3. The fourth-order valence-corrected chi connectivity index (χ4v) is 5.93. The van der Waals surface area contributed by atoms with Crippen LogP contribution in [-0.2, 0) is 0 Å². The van der Waals surface area contributed by atoms with Gasteiger partial charge < -0.3 is 15.2 Å². The van der Waals surface area contributed by atoms with Crippen molar-refractivity contribution in [3.8, 4) is 5.75 Å². The summed E-state index contributed by atoms with van der Waals surface area (Å²) in [5.41, 5.74) is 2.79. The van der Waals surface area contributed by atoms with Gasteiger partial charge in [0, 0.05) is 48.4 Å². The number of aliphatic hydroxyl groups is 1. The number of nitrogens with one attached hydrogen (secondary N) is 1. The maximum absolute atomic E-state index is 11.3. The molecule has 1 aromatic heterocycles. The third-order valence-electron chi connectivity index (χ3n) is 7.30. The van der Waals surface area contributed by atoms with Gasteiger partial charge in [0.25, 0.3) is 0 Å². The van der Waals surface area contributed by atoms with Crippen molar-refractivity contribution < 1.29 is 9.84 Å². The Hall–Kier alpha value is -2.44. The molecule has 178 valence electrons. The average molecular weight is 478 g/mol. The fourth-order valence-electron chi connectivity index (χ4n) is 5.66. The first kappa shape index (κ1) is 23.3. The van der Waals surface area contributed by atoms with Crippen LogP contribution in [0.2, 0.25) is 5.02 Å². The summed E-state index contributed by atoms with van der Waals surface area (Å²) in [5.74, 6) is 0.735. The van der Waals surface area contributed by atoms with Gasteiger partial charge in [-0.1, -0.05) is 54.1 Å². The van der Waals surface area contributed by atoms with Crippen molar-refractivity contribution in [1.29, 1.82) is 0 Å². The Labute approximate surface area is 206 Å². The Morgan fingerprint density at radius 2 is 1.94 bits per heavy atom. The van der Waals surface area contributed by atoms with Crippen LogP contribution in [0.5, 0.6) is 5.75 Å². The molecule has 5 nitrogen and oxygen atoms in total. The number of pyridine rings is 1. The van der Waals surface area contributed by atoms with Crippen LogP contribution in [0.1, 0.15) is 42.9 Å². The lowest BCUT2D eigenvalue weighted by Gasteiger charge is -2.40. The van der Waals surface area contributed by atoms with Crippen LogP contribution in [0.25, 0.3) is 17.0 Å². The normalized spacial score (nSPS) is 23.6. The highest BCUT2D eigenvalue weighted by molar-refractivity contribution is 6.32. The van der Waals surface area contributed by atoms with E-state index >= 15 is 0 Å².